The number of carbonyl (C=O) groups is 2. The molecule has 1 atom stereocenters. The lowest BCUT2D eigenvalue weighted by atomic mass is 10.1. The second kappa shape index (κ2) is 6.87. The van der Waals surface area contributed by atoms with E-state index in [-0.39, 0.29) is 11.8 Å². The van der Waals surface area contributed by atoms with Crippen molar-refractivity contribution >= 4 is 23.2 Å². The lowest BCUT2D eigenvalue weighted by Crippen LogP contribution is -2.45. The fraction of sp³-hybridized carbons (Fsp3) is 0.300. The van der Waals surface area contributed by atoms with Gasteiger partial charge in [-0.05, 0) is 49.9 Å². The summed E-state index contributed by atoms with van der Waals surface area (Å²) in [5, 5.41) is 2.95. The Bertz CT molecular complexity index is 770. The van der Waals surface area contributed by atoms with Crippen molar-refractivity contribution in [3.8, 4) is 0 Å². The van der Waals surface area contributed by atoms with Gasteiger partial charge in [-0.2, -0.15) is 0 Å². The quantitative estimate of drug-likeness (QED) is 0.937. The fourth-order valence-electron chi connectivity index (χ4n) is 3.13. The number of nitrogens with zero attached hydrogens (tertiary/aromatic N) is 1. The molecule has 0 radical (unpaired) electrons. The molecular formula is C20H22N2O2. The van der Waals surface area contributed by atoms with Crippen molar-refractivity contribution in [2.75, 3.05) is 10.2 Å². The summed E-state index contributed by atoms with van der Waals surface area (Å²) in [6, 6.07) is 14.9. The first kappa shape index (κ1) is 16.2. The first-order valence-electron chi connectivity index (χ1n) is 8.34. The van der Waals surface area contributed by atoms with Gasteiger partial charge in [0.15, 0.2) is 0 Å². The minimum absolute atomic E-state index is 0.00684. The SMILES string of the molecule is Cc1ccccc1NC(=O)[C@@H](C)N1C(=O)CCCc2ccccc21. The first-order chi connectivity index (χ1) is 11.6. The van der Waals surface area contributed by atoms with Gasteiger partial charge in [0.05, 0.1) is 0 Å². The van der Waals surface area contributed by atoms with Gasteiger partial charge in [0.1, 0.15) is 6.04 Å². The van der Waals surface area contributed by atoms with E-state index in [1.807, 2.05) is 55.5 Å². The maximum atomic E-state index is 12.7. The van der Waals surface area contributed by atoms with Gasteiger partial charge in [-0.15, -0.1) is 0 Å². The molecule has 0 bridgehead atoms. The first-order valence-corrected chi connectivity index (χ1v) is 8.34. The van der Waals surface area contributed by atoms with Crippen LogP contribution in [0.15, 0.2) is 48.5 Å². The van der Waals surface area contributed by atoms with Crippen molar-refractivity contribution in [1.82, 2.24) is 0 Å². The zero-order chi connectivity index (χ0) is 17.1. The average Bonchev–Trinajstić information content (AvgIpc) is 2.74. The van der Waals surface area contributed by atoms with Crippen LogP contribution in [0.1, 0.15) is 30.9 Å². The zero-order valence-electron chi connectivity index (χ0n) is 14.1. The van der Waals surface area contributed by atoms with Crippen molar-refractivity contribution in [2.45, 2.75) is 39.2 Å². The summed E-state index contributed by atoms with van der Waals surface area (Å²) in [5.74, 6) is -0.165. The van der Waals surface area contributed by atoms with E-state index in [1.165, 1.54) is 0 Å². The molecule has 4 nitrogen and oxygen atoms in total. The number of carbonyl (C=O) groups excluding carboxylic acids is 2. The van der Waals surface area contributed by atoms with Crippen LogP contribution >= 0.6 is 0 Å². The maximum absolute atomic E-state index is 12.7. The largest absolute Gasteiger partial charge is 0.324 e. The highest BCUT2D eigenvalue weighted by atomic mass is 16.2. The minimum Gasteiger partial charge on any atom is -0.324 e. The van der Waals surface area contributed by atoms with Crippen LogP contribution in [0.5, 0.6) is 0 Å². The molecule has 2 amide bonds. The Hall–Kier alpha value is -2.62. The summed E-state index contributed by atoms with van der Waals surface area (Å²) < 4.78 is 0. The van der Waals surface area contributed by atoms with E-state index in [4.69, 9.17) is 0 Å². The molecule has 124 valence electrons. The molecule has 2 aromatic carbocycles. The van der Waals surface area contributed by atoms with Gasteiger partial charge in [-0.25, -0.2) is 0 Å². The Balaban J connectivity index is 1.88. The molecule has 0 spiro atoms. The molecule has 2 aromatic rings. The lowest BCUT2D eigenvalue weighted by molar-refractivity contribution is -0.123. The predicted octanol–water partition coefficient (Wildman–Crippen LogP) is 3.69. The van der Waals surface area contributed by atoms with E-state index in [1.54, 1.807) is 11.8 Å². The van der Waals surface area contributed by atoms with Gasteiger partial charge >= 0.3 is 0 Å². The Morgan fingerprint density at radius 3 is 2.58 bits per heavy atom. The molecular weight excluding hydrogens is 300 g/mol. The van der Waals surface area contributed by atoms with E-state index in [0.717, 1.165) is 35.3 Å². The second-order valence-corrected chi connectivity index (χ2v) is 6.23. The van der Waals surface area contributed by atoms with E-state index in [2.05, 4.69) is 5.32 Å². The van der Waals surface area contributed by atoms with E-state index in [9.17, 15) is 9.59 Å². The molecule has 1 heterocycles. The number of amides is 2. The third-order valence-electron chi connectivity index (χ3n) is 4.53. The minimum atomic E-state index is -0.559. The van der Waals surface area contributed by atoms with Gasteiger partial charge in [0.25, 0.3) is 0 Å². The van der Waals surface area contributed by atoms with Crippen LogP contribution in [0.3, 0.4) is 0 Å². The van der Waals surface area contributed by atoms with Gasteiger partial charge in [-0.3, -0.25) is 14.5 Å². The van der Waals surface area contributed by atoms with Crippen molar-refractivity contribution < 1.29 is 9.59 Å². The molecule has 1 N–H and O–H groups in total. The number of anilines is 2. The molecule has 4 heteroatoms. The predicted molar refractivity (Wildman–Crippen MR) is 96.1 cm³/mol. The number of hydrogen-bond acceptors (Lipinski definition) is 2. The number of rotatable bonds is 3. The highest BCUT2D eigenvalue weighted by Crippen LogP contribution is 2.29. The highest BCUT2D eigenvalue weighted by Gasteiger charge is 2.30. The Morgan fingerprint density at radius 2 is 1.79 bits per heavy atom. The number of benzene rings is 2. The van der Waals surface area contributed by atoms with Crippen LogP contribution in [0.4, 0.5) is 11.4 Å². The molecule has 0 aromatic heterocycles. The van der Waals surface area contributed by atoms with Gasteiger partial charge < -0.3 is 5.32 Å². The summed E-state index contributed by atoms with van der Waals surface area (Å²) in [5.41, 5.74) is 3.76. The number of para-hydroxylation sites is 2. The molecule has 0 unspecified atom stereocenters. The van der Waals surface area contributed by atoms with Crippen molar-refractivity contribution in [3.05, 3.63) is 59.7 Å². The third kappa shape index (κ3) is 3.18. The molecule has 0 saturated heterocycles. The van der Waals surface area contributed by atoms with Crippen LogP contribution < -0.4 is 10.2 Å². The van der Waals surface area contributed by atoms with Crippen molar-refractivity contribution in [2.24, 2.45) is 0 Å². The van der Waals surface area contributed by atoms with E-state index < -0.39 is 6.04 Å². The molecule has 1 aliphatic heterocycles. The normalized spacial score (nSPS) is 15.4. The van der Waals surface area contributed by atoms with Crippen LogP contribution in [0.2, 0.25) is 0 Å². The number of fused-ring (bicyclic) bond motifs is 1. The van der Waals surface area contributed by atoms with E-state index in [0.29, 0.717) is 6.42 Å². The molecule has 24 heavy (non-hydrogen) atoms. The topological polar surface area (TPSA) is 49.4 Å². The van der Waals surface area contributed by atoms with E-state index >= 15 is 0 Å². The Kier molecular flexibility index (Phi) is 4.65. The molecule has 0 aliphatic carbocycles. The van der Waals surface area contributed by atoms with Crippen LogP contribution in [-0.4, -0.2) is 17.9 Å². The summed E-state index contributed by atoms with van der Waals surface area (Å²) in [4.78, 5) is 27.0. The Labute approximate surface area is 142 Å². The highest BCUT2D eigenvalue weighted by molar-refractivity contribution is 6.05. The smallest absolute Gasteiger partial charge is 0.247 e. The average molecular weight is 322 g/mol. The van der Waals surface area contributed by atoms with Gasteiger partial charge in [-0.1, -0.05) is 36.4 Å². The summed E-state index contributed by atoms with van der Waals surface area (Å²) in [6.07, 6.45) is 2.15. The fourth-order valence-corrected chi connectivity index (χ4v) is 3.13. The monoisotopic (exact) mass is 322 g/mol. The van der Waals surface area contributed by atoms with Crippen LogP contribution in [0.25, 0.3) is 0 Å². The summed E-state index contributed by atoms with van der Waals surface area (Å²) in [7, 11) is 0. The maximum Gasteiger partial charge on any atom is 0.247 e. The molecule has 0 saturated carbocycles. The number of aryl methyl sites for hydroxylation is 2. The number of nitrogens with one attached hydrogen (secondary N) is 1. The van der Waals surface area contributed by atoms with Gasteiger partial charge in [0.2, 0.25) is 11.8 Å². The van der Waals surface area contributed by atoms with Crippen LogP contribution in [0, 0.1) is 6.92 Å². The van der Waals surface area contributed by atoms with Crippen LogP contribution in [-0.2, 0) is 16.0 Å². The second-order valence-electron chi connectivity index (χ2n) is 6.23. The summed E-state index contributed by atoms with van der Waals surface area (Å²) in [6.45, 7) is 3.74. The molecule has 3 rings (SSSR count). The number of hydrogen-bond donors (Lipinski definition) is 1. The lowest BCUT2D eigenvalue weighted by Gasteiger charge is -2.29. The van der Waals surface area contributed by atoms with Crippen molar-refractivity contribution in [3.63, 3.8) is 0 Å². The molecule has 0 fully saturated rings. The molecule has 1 aliphatic rings. The zero-order valence-corrected chi connectivity index (χ0v) is 14.1. The Morgan fingerprint density at radius 1 is 1.08 bits per heavy atom. The summed E-state index contributed by atoms with van der Waals surface area (Å²) >= 11 is 0. The third-order valence-corrected chi connectivity index (χ3v) is 4.53. The standard InChI is InChI=1S/C20H22N2O2/c1-14-8-3-5-11-17(14)21-20(24)15(2)22-18-12-6-4-9-16(18)10-7-13-19(22)23/h3-6,8-9,11-12,15H,7,10,13H2,1-2H3,(H,21,24)/t15-/m1/s1. The van der Waals surface area contributed by atoms with Crippen molar-refractivity contribution in [1.29, 1.82) is 0 Å². The van der Waals surface area contributed by atoms with Gasteiger partial charge in [0, 0.05) is 17.8 Å².